The Morgan fingerprint density at radius 3 is 1.86 bits per heavy atom. The molecule has 0 aromatic rings. The minimum absolute atomic E-state index is 0. The first-order valence-electron chi connectivity index (χ1n) is 10.2. The van der Waals surface area contributed by atoms with E-state index in [0.29, 0.717) is 0 Å². The van der Waals surface area contributed by atoms with E-state index in [1.165, 1.54) is 0 Å². The molecule has 0 saturated carbocycles. The second kappa shape index (κ2) is 15.1. The van der Waals surface area contributed by atoms with E-state index in [2.05, 4.69) is 6.58 Å². The third-order valence-electron chi connectivity index (χ3n) is 5.58. The SMILES string of the molecule is C=CCO[C@]1(C(=O)[O-])C[C@@H](O[C@]2(C(=O)[O-])C[C@@H](O)[C@@H](O)[C@@H]([C@H](O)CO)O2)[C@@H](O)[C@@H]([C@H](O)CO)O1.[Na+].[Na+]. The van der Waals surface area contributed by atoms with Gasteiger partial charge < -0.3 is 74.5 Å². The van der Waals surface area contributed by atoms with Crippen LogP contribution in [0.5, 0.6) is 0 Å². The van der Waals surface area contributed by atoms with Gasteiger partial charge in [0.2, 0.25) is 11.6 Å². The number of carbonyl (C=O) groups is 2. The maximum atomic E-state index is 12.0. The second-order valence-corrected chi connectivity index (χ2v) is 7.96. The Kier molecular flexibility index (Phi) is 15.2. The van der Waals surface area contributed by atoms with Gasteiger partial charge in [-0.25, -0.2) is 0 Å². The molecule has 0 radical (unpaired) electrons. The average Bonchev–Trinajstić information content (AvgIpc) is 2.80. The monoisotopic (exact) mass is 542 g/mol. The van der Waals surface area contributed by atoms with Crippen molar-refractivity contribution in [2.75, 3.05) is 19.8 Å². The van der Waals surface area contributed by atoms with Gasteiger partial charge in [0.1, 0.15) is 48.6 Å². The first-order valence-corrected chi connectivity index (χ1v) is 10.2. The average molecular weight is 542 g/mol. The van der Waals surface area contributed by atoms with E-state index in [1.807, 2.05) is 0 Å². The Hall–Kier alpha value is 0.240. The molecule has 2 aliphatic heterocycles. The fourth-order valence-electron chi connectivity index (χ4n) is 3.80. The van der Waals surface area contributed by atoms with Crippen LogP contribution in [-0.4, -0.2) is 128 Å². The number of ether oxygens (including phenoxy) is 4. The van der Waals surface area contributed by atoms with Gasteiger partial charge >= 0.3 is 59.1 Å². The van der Waals surface area contributed by atoms with Gasteiger partial charge in [-0.2, -0.15) is 0 Å². The Balaban J connectivity index is 0.00000612. The molecule has 0 aromatic heterocycles. The fourth-order valence-corrected chi connectivity index (χ4v) is 3.80. The molecular weight excluding hydrogens is 514 g/mol. The molecule has 2 heterocycles. The number of carboxylic acid groups (broad SMARTS) is 2. The standard InChI is InChI=1S/C19H30O15.2Na/c1-2-3-31-18(16(27)28)5-11(13(26)15(33-18)10(24)7-21)32-19(17(29)30)4-8(22)12(25)14(34-19)9(23)6-20;;/h2,8-15,20-26H,1,3-7H2,(H,27,28)(H,29,30);;/q;2*+1/p-2/t8-,9-,10-,11-,12-,13-,14-,15-,18-,19-;;/m1../s1. The summed E-state index contributed by atoms with van der Waals surface area (Å²) in [7, 11) is 0. The van der Waals surface area contributed by atoms with E-state index in [4.69, 9.17) is 24.1 Å². The molecule has 36 heavy (non-hydrogen) atoms. The van der Waals surface area contributed by atoms with Gasteiger partial charge in [0, 0.05) is 12.8 Å². The molecule has 0 aromatic carbocycles. The van der Waals surface area contributed by atoms with Crippen molar-refractivity contribution < 1.29 is 134 Å². The molecule has 2 rings (SSSR count). The van der Waals surface area contributed by atoms with E-state index >= 15 is 0 Å². The van der Waals surface area contributed by atoms with E-state index in [-0.39, 0.29) is 59.1 Å². The van der Waals surface area contributed by atoms with Gasteiger partial charge in [0.15, 0.2) is 0 Å². The zero-order chi connectivity index (χ0) is 25.8. The number of aliphatic carboxylic acids is 2. The van der Waals surface area contributed by atoms with Crippen LogP contribution in [0.15, 0.2) is 12.7 Å². The Bertz CT molecular complexity index is 744. The van der Waals surface area contributed by atoms with Crippen LogP contribution < -0.4 is 69.3 Å². The summed E-state index contributed by atoms with van der Waals surface area (Å²) in [6.07, 6.45) is -16.0. The molecule has 17 heteroatoms. The molecule has 0 unspecified atom stereocenters. The van der Waals surface area contributed by atoms with Crippen LogP contribution in [0.4, 0.5) is 0 Å². The summed E-state index contributed by atoms with van der Waals surface area (Å²) >= 11 is 0. The fraction of sp³-hybridized carbons (Fsp3) is 0.789. The van der Waals surface area contributed by atoms with Crippen molar-refractivity contribution in [3.05, 3.63) is 12.7 Å². The maximum Gasteiger partial charge on any atom is 1.00 e. The van der Waals surface area contributed by atoms with Crippen molar-refractivity contribution in [2.24, 2.45) is 0 Å². The van der Waals surface area contributed by atoms with Gasteiger partial charge in [0.05, 0.1) is 32.0 Å². The number of aliphatic hydroxyl groups excluding tert-OH is 7. The Morgan fingerprint density at radius 1 is 0.944 bits per heavy atom. The van der Waals surface area contributed by atoms with Crippen molar-refractivity contribution in [1.29, 1.82) is 0 Å². The van der Waals surface area contributed by atoms with Crippen LogP contribution in [-0.2, 0) is 28.5 Å². The number of hydrogen-bond donors (Lipinski definition) is 7. The van der Waals surface area contributed by atoms with Crippen LogP contribution in [0.25, 0.3) is 0 Å². The first kappa shape index (κ1) is 36.2. The molecule has 0 aliphatic carbocycles. The summed E-state index contributed by atoms with van der Waals surface area (Å²) in [5.41, 5.74) is 0. The van der Waals surface area contributed by atoms with Gasteiger partial charge in [-0.1, -0.05) is 6.08 Å². The molecule has 2 saturated heterocycles. The molecule has 0 spiro atoms. The molecule has 0 bridgehead atoms. The predicted molar refractivity (Wildman–Crippen MR) is 99.7 cm³/mol. The maximum absolute atomic E-state index is 12.0. The molecule has 196 valence electrons. The largest absolute Gasteiger partial charge is 1.00 e. The molecule has 15 nitrogen and oxygen atoms in total. The number of hydrogen-bond acceptors (Lipinski definition) is 15. The summed E-state index contributed by atoms with van der Waals surface area (Å²) < 4.78 is 20.9. The van der Waals surface area contributed by atoms with Crippen LogP contribution in [0.2, 0.25) is 0 Å². The van der Waals surface area contributed by atoms with Crippen molar-refractivity contribution >= 4 is 11.9 Å². The van der Waals surface area contributed by atoms with Crippen LogP contribution in [0.3, 0.4) is 0 Å². The minimum atomic E-state index is -2.98. The van der Waals surface area contributed by atoms with E-state index in [9.17, 15) is 50.4 Å². The summed E-state index contributed by atoms with van der Waals surface area (Å²) in [6.45, 7) is 0.891. The first-order chi connectivity index (χ1) is 15.9. The normalized spacial score (nSPS) is 38.1. The Labute approximate surface area is 249 Å². The predicted octanol–water partition coefficient (Wildman–Crippen LogP) is -13.2. The number of carbonyl (C=O) groups excluding carboxylic acids is 2. The molecular formula is C19H28Na2O15. The van der Waals surface area contributed by atoms with Crippen molar-refractivity contribution in [3.63, 3.8) is 0 Å². The number of carboxylic acids is 2. The third-order valence-corrected chi connectivity index (χ3v) is 5.58. The second-order valence-electron chi connectivity index (χ2n) is 7.96. The molecule has 2 aliphatic rings. The van der Waals surface area contributed by atoms with Gasteiger partial charge in [-0.3, -0.25) is 0 Å². The topological polar surface area (TPSA) is 259 Å². The van der Waals surface area contributed by atoms with E-state index < -0.39 is 105 Å². The summed E-state index contributed by atoms with van der Waals surface area (Å²) in [5, 5.41) is 93.2. The minimum Gasteiger partial charge on any atom is -0.544 e. The Morgan fingerprint density at radius 2 is 1.42 bits per heavy atom. The van der Waals surface area contributed by atoms with Gasteiger partial charge in [-0.05, 0) is 0 Å². The van der Waals surface area contributed by atoms with E-state index in [1.54, 1.807) is 0 Å². The smallest absolute Gasteiger partial charge is 0.544 e. The van der Waals surface area contributed by atoms with Crippen molar-refractivity contribution in [3.8, 4) is 0 Å². The van der Waals surface area contributed by atoms with Crippen LogP contribution >= 0.6 is 0 Å². The van der Waals surface area contributed by atoms with Crippen molar-refractivity contribution in [1.82, 2.24) is 0 Å². The molecule has 7 N–H and O–H groups in total. The molecule has 2 fully saturated rings. The van der Waals surface area contributed by atoms with Crippen LogP contribution in [0.1, 0.15) is 12.8 Å². The quantitative estimate of drug-likeness (QED) is 0.0944. The summed E-state index contributed by atoms with van der Waals surface area (Å²) in [5.74, 6) is -9.84. The van der Waals surface area contributed by atoms with E-state index in [0.717, 1.165) is 6.08 Å². The van der Waals surface area contributed by atoms with Crippen molar-refractivity contribution in [2.45, 2.75) is 73.2 Å². The van der Waals surface area contributed by atoms with Gasteiger partial charge in [-0.15, -0.1) is 6.58 Å². The van der Waals surface area contributed by atoms with Gasteiger partial charge in [0.25, 0.3) is 0 Å². The molecule has 10 atom stereocenters. The zero-order valence-corrected chi connectivity index (χ0v) is 23.8. The third kappa shape index (κ3) is 7.67. The number of aliphatic hydroxyl groups is 7. The number of rotatable bonds is 11. The summed E-state index contributed by atoms with van der Waals surface area (Å²) in [4.78, 5) is 23.9. The summed E-state index contributed by atoms with van der Waals surface area (Å²) in [6, 6.07) is 0. The zero-order valence-electron chi connectivity index (χ0n) is 19.8. The van der Waals surface area contributed by atoms with Crippen LogP contribution in [0, 0.1) is 0 Å². The molecule has 0 amide bonds.